The van der Waals surface area contributed by atoms with Gasteiger partial charge >= 0.3 is 0 Å². The molecule has 0 saturated heterocycles. The zero-order valence-electron chi connectivity index (χ0n) is 15.5. The Hall–Kier alpha value is -2.90. The van der Waals surface area contributed by atoms with Crippen molar-refractivity contribution in [2.75, 3.05) is 13.2 Å². The first-order valence-electron chi connectivity index (χ1n) is 8.97. The quantitative estimate of drug-likeness (QED) is 0.593. The number of ether oxygens (including phenoxy) is 2. The van der Waals surface area contributed by atoms with E-state index in [1.54, 1.807) is 30.5 Å². The minimum Gasteiger partial charge on any atom is -0.494 e. The highest BCUT2D eigenvalue weighted by molar-refractivity contribution is 7.89. The number of nitrogens with zero attached hydrogens (tertiary/aromatic N) is 1. The molecule has 3 aromatic rings. The maximum absolute atomic E-state index is 12.4. The Balaban J connectivity index is 1.57. The molecule has 0 atom stereocenters. The van der Waals surface area contributed by atoms with Gasteiger partial charge in [0.05, 0.1) is 11.5 Å². The minimum atomic E-state index is -3.58. The second kappa shape index (κ2) is 9.34. The molecule has 28 heavy (non-hydrogen) atoms. The lowest BCUT2D eigenvalue weighted by molar-refractivity contribution is 0.339. The summed E-state index contributed by atoms with van der Waals surface area (Å²) < 4.78 is 38.5. The first-order chi connectivity index (χ1) is 13.6. The molecule has 7 heteroatoms. The summed E-state index contributed by atoms with van der Waals surface area (Å²) in [6, 6.07) is 19.1. The van der Waals surface area contributed by atoms with Crippen LogP contribution in [-0.2, 0) is 16.4 Å². The Kier molecular flexibility index (Phi) is 6.62. The van der Waals surface area contributed by atoms with E-state index in [2.05, 4.69) is 9.71 Å². The molecule has 3 rings (SSSR count). The van der Waals surface area contributed by atoms with E-state index in [1.807, 2.05) is 37.3 Å². The van der Waals surface area contributed by atoms with E-state index in [9.17, 15) is 8.42 Å². The third-order valence-corrected chi connectivity index (χ3v) is 5.38. The summed E-state index contributed by atoms with van der Waals surface area (Å²) in [5.74, 6) is 1.97. The fourth-order valence-corrected chi connectivity index (χ4v) is 3.57. The highest BCUT2D eigenvalue weighted by atomic mass is 32.2. The van der Waals surface area contributed by atoms with Gasteiger partial charge in [-0.25, -0.2) is 13.1 Å². The van der Waals surface area contributed by atoms with Crippen LogP contribution in [0.3, 0.4) is 0 Å². The first-order valence-corrected chi connectivity index (χ1v) is 10.5. The molecule has 0 amide bonds. The number of aromatic nitrogens is 1. The highest BCUT2D eigenvalue weighted by Crippen LogP contribution is 2.25. The number of hydrogen-bond donors (Lipinski definition) is 1. The smallest absolute Gasteiger partial charge is 0.240 e. The second-order valence-corrected chi connectivity index (χ2v) is 7.71. The lowest BCUT2D eigenvalue weighted by Crippen LogP contribution is -2.26. The van der Waals surface area contributed by atoms with Crippen molar-refractivity contribution in [3.63, 3.8) is 0 Å². The molecule has 0 aliphatic carbocycles. The van der Waals surface area contributed by atoms with Crippen molar-refractivity contribution in [3.8, 4) is 17.2 Å². The van der Waals surface area contributed by atoms with Crippen LogP contribution in [0, 0.1) is 0 Å². The van der Waals surface area contributed by atoms with Crippen molar-refractivity contribution in [2.24, 2.45) is 0 Å². The van der Waals surface area contributed by atoms with Crippen LogP contribution in [-0.4, -0.2) is 26.6 Å². The van der Waals surface area contributed by atoms with E-state index in [1.165, 1.54) is 12.1 Å². The molecule has 0 unspecified atom stereocenters. The van der Waals surface area contributed by atoms with Crippen LogP contribution in [0.25, 0.3) is 0 Å². The zero-order chi connectivity index (χ0) is 19.8. The standard InChI is InChI=1S/C21H22N2O4S/c1-2-26-18-6-8-19(9-7-18)27-20-10-12-21(13-11-20)28(24,25)23-16-14-17-5-3-4-15-22-17/h3-13,15,23H,2,14,16H2,1H3. The molecule has 0 bridgehead atoms. The number of benzene rings is 2. The van der Waals surface area contributed by atoms with Gasteiger partial charge in [0.15, 0.2) is 0 Å². The topological polar surface area (TPSA) is 77.5 Å². The SMILES string of the molecule is CCOc1ccc(Oc2ccc(S(=O)(=O)NCCc3ccccn3)cc2)cc1. The predicted octanol–water partition coefficient (Wildman–Crippen LogP) is 3.79. The predicted molar refractivity (Wildman–Crippen MR) is 107 cm³/mol. The minimum absolute atomic E-state index is 0.188. The third kappa shape index (κ3) is 5.55. The molecule has 1 heterocycles. The first kappa shape index (κ1) is 19.9. The summed E-state index contributed by atoms with van der Waals surface area (Å²) in [7, 11) is -3.58. The van der Waals surface area contributed by atoms with Gasteiger partial charge in [-0.05, 0) is 67.6 Å². The van der Waals surface area contributed by atoms with Crippen LogP contribution in [0.15, 0.2) is 77.8 Å². The van der Waals surface area contributed by atoms with E-state index >= 15 is 0 Å². The molecule has 2 aromatic carbocycles. The van der Waals surface area contributed by atoms with E-state index in [4.69, 9.17) is 9.47 Å². The lowest BCUT2D eigenvalue weighted by atomic mass is 10.3. The van der Waals surface area contributed by atoms with Crippen molar-refractivity contribution in [1.29, 1.82) is 0 Å². The fraction of sp³-hybridized carbons (Fsp3) is 0.190. The van der Waals surface area contributed by atoms with E-state index in [-0.39, 0.29) is 11.4 Å². The Bertz CT molecular complexity index is 973. The molecular weight excluding hydrogens is 376 g/mol. The van der Waals surface area contributed by atoms with Crippen molar-refractivity contribution in [1.82, 2.24) is 9.71 Å². The van der Waals surface area contributed by atoms with Crippen LogP contribution in [0.4, 0.5) is 0 Å². The molecule has 0 radical (unpaired) electrons. The lowest BCUT2D eigenvalue weighted by Gasteiger charge is -2.09. The molecule has 146 valence electrons. The molecule has 0 spiro atoms. The van der Waals surface area contributed by atoms with Crippen LogP contribution in [0.1, 0.15) is 12.6 Å². The van der Waals surface area contributed by atoms with Crippen molar-refractivity contribution >= 4 is 10.0 Å². The fourth-order valence-electron chi connectivity index (χ4n) is 2.54. The van der Waals surface area contributed by atoms with Crippen LogP contribution < -0.4 is 14.2 Å². The van der Waals surface area contributed by atoms with Gasteiger partial charge < -0.3 is 9.47 Å². The van der Waals surface area contributed by atoms with Gasteiger partial charge in [0.25, 0.3) is 0 Å². The van der Waals surface area contributed by atoms with Crippen molar-refractivity contribution in [3.05, 3.63) is 78.6 Å². The van der Waals surface area contributed by atoms with Gasteiger partial charge in [-0.1, -0.05) is 6.07 Å². The number of nitrogens with one attached hydrogen (secondary N) is 1. The van der Waals surface area contributed by atoms with Crippen LogP contribution >= 0.6 is 0 Å². The molecule has 0 aliphatic heterocycles. The van der Waals surface area contributed by atoms with Gasteiger partial charge in [-0.2, -0.15) is 0 Å². The second-order valence-electron chi connectivity index (χ2n) is 5.95. The number of sulfonamides is 1. The van der Waals surface area contributed by atoms with Gasteiger partial charge in [0.2, 0.25) is 10.0 Å². The Morgan fingerprint density at radius 1 is 0.893 bits per heavy atom. The van der Waals surface area contributed by atoms with E-state index < -0.39 is 10.0 Å². The summed E-state index contributed by atoms with van der Waals surface area (Å²) in [6.45, 7) is 2.81. The maximum Gasteiger partial charge on any atom is 0.240 e. The van der Waals surface area contributed by atoms with Gasteiger partial charge in [-0.3, -0.25) is 4.98 Å². The Labute approximate surface area is 165 Å². The monoisotopic (exact) mass is 398 g/mol. The van der Waals surface area contributed by atoms with Gasteiger partial charge in [0.1, 0.15) is 17.2 Å². The summed E-state index contributed by atoms with van der Waals surface area (Å²) in [5.41, 5.74) is 0.837. The number of pyridine rings is 1. The molecule has 0 aliphatic rings. The normalized spacial score (nSPS) is 11.2. The largest absolute Gasteiger partial charge is 0.494 e. The summed E-state index contributed by atoms with van der Waals surface area (Å²) in [6.07, 6.45) is 2.21. The van der Waals surface area contributed by atoms with Gasteiger partial charge in [-0.15, -0.1) is 0 Å². The highest BCUT2D eigenvalue weighted by Gasteiger charge is 2.13. The van der Waals surface area contributed by atoms with E-state index in [0.29, 0.717) is 24.5 Å². The molecule has 0 saturated carbocycles. The summed E-state index contributed by atoms with van der Waals surface area (Å²) in [4.78, 5) is 4.37. The van der Waals surface area contributed by atoms with Crippen molar-refractivity contribution < 1.29 is 17.9 Å². The van der Waals surface area contributed by atoms with Crippen LogP contribution in [0.5, 0.6) is 17.2 Å². The average Bonchev–Trinajstić information content (AvgIpc) is 2.71. The molecule has 1 aromatic heterocycles. The average molecular weight is 398 g/mol. The number of hydrogen-bond acceptors (Lipinski definition) is 5. The van der Waals surface area contributed by atoms with Crippen LogP contribution in [0.2, 0.25) is 0 Å². The summed E-state index contributed by atoms with van der Waals surface area (Å²) >= 11 is 0. The molecular formula is C21H22N2O4S. The molecule has 6 nitrogen and oxygen atoms in total. The molecule has 1 N–H and O–H groups in total. The maximum atomic E-state index is 12.4. The zero-order valence-corrected chi connectivity index (χ0v) is 16.4. The number of rotatable bonds is 9. The van der Waals surface area contributed by atoms with Gasteiger partial charge in [0, 0.05) is 24.9 Å². The third-order valence-electron chi connectivity index (χ3n) is 3.90. The molecule has 0 fully saturated rings. The Morgan fingerprint density at radius 2 is 1.54 bits per heavy atom. The van der Waals surface area contributed by atoms with E-state index in [0.717, 1.165) is 11.4 Å². The van der Waals surface area contributed by atoms with Crippen molar-refractivity contribution in [2.45, 2.75) is 18.2 Å². The Morgan fingerprint density at radius 3 is 2.14 bits per heavy atom. The summed E-state index contributed by atoms with van der Waals surface area (Å²) in [5, 5.41) is 0.